The molecule has 9 aromatic carbocycles. The molecular formula is C59H40N2S. The lowest BCUT2D eigenvalue weighted by atomic mass is 9.82. The smallest absolute Gasteiger partial charge is 0.160 e. The van der Waals surface area contributed by atoms with E-state index in [1.54, 1.807) is 0 Å². The van der Waals surface area contributed by atoms with Crippen molar-refractivity contribution in [3.05, 3.63) is 217 Å². The average Bonchev–Trinajstić information content (AvgIpc) is 3.83. The highest BCUT2D eigenvalue weighted by Crippen LogP contribution is 2.50. The first-order valence-electron chi connectivity index (χ1n) is 21.3. The number of benzene rings is 9. The van der Waals surface area contributed by atoms with Crippen LogP contribution in [0.3, 0.4) is 0 Å². The van der Waals surface area contributed by atoms with E-state index in [1.807, 2.05) is 17.4 Å². The summed E-state index contributed by atoms with van der Waals surface area (Å²) < 4.78 is 2.58. The van der Waals surface area contributed by atoms with Crippen LogP contribution in [0.4, 0.5) is 0 Å². The van der Waals surface area contributed by atoms with E-state index in [4.69, 9.17) is 9.97 Å². The van der Waals surface area contributed by atoms with Crippen molar-refractivity contribution in [1.29, 1.82) is 0 Å². The molecule has 0 bridgehead atoms. The Morgan fingerprint density at radius 1 is 0.355 bits per heavy atom. The lowest BCUT2D eigenvalue weighted by Crippen LogP contribution is -2.14. The number of hydrogen-bond acceptors (Lipinski definition) is 3. The van der Waals surface area contributed by atoms with E-state index < -0.39 is 0 Å². The maximum absolute atomic E-state index is 5.40. The molecule has 0 saturated heterocycles. The molecular weight excluding hydrogens is 769 g/mol. The van der Waals surface area contributed by atoms with E-state index >= 15 is 0 Å². The quantitative estimate of drug-likeness (QED) is 0.167. The predicted octanol–water partition coefficient (Wildman–Crippen LogP) is 16.3. The zero-order valence-corrected chi connectivity index (χ0v) is 35.2. The van der Waals surface area contributed by atoms with Gasteiger partial charge in [-0.2, -0.15) is 0 Å². The molecule has 0 atom stereocenters. The van der Waals surface area contributed by atoms with Crippen LogP contribution in [0, 0.1) is 0 Å². The summed E-state index contributed by atoms with van der Waals surface area (Å²) in [7, 11) is 0. The summed E-state index contributed by atoms with van der Waals surface area (Å²) in [4.78, 5) is 10.8. The summed E-state index contributed by atoms with van der Waals surface area (Å²) in [6, 6.07) is 75.0. The van der Waals surface area contributed by atoms with Crippen molar-refractivity contribution in [3.8, 4) is 78.4 Å². The van der Waals surface area contributed by atoms with Crippen molar-refractivity contribution in [2.45, 2.75) is 19.3 Å². The normalized spacial score (nSPS) is 12.8. The lowest BCUT2D eigenvalue weighted by molar-refractivity contribution is 0.660. The number of hydrogen-bond donors (Lipinski definition) is 0. The Morgan fingerprint density at radius 2 is 1.00 bits per heavy atom. The fourth-order valence-electron chi connectivity index (χ4n) is 9.74. The highest BCUT2D eigenvalue weighted by Gasteiger charge is 2.35. The Hall–Kier alpha value is -7.46. The lowest BCUT2D eigenvalue weighted by Gasteiger charge is -2.21. The van der Waals surface area contributed by atoms with E-state index in [2.05, 4.69) is 214 Å². The highest BCUT2D eigenvalue weighted by molar-refractivity contribution is 7.26. The molecule has 2 nitrogen and oxygen atoms in total. The minimum atomic E-state index is -0.0567. The van der Waals surface area contributed by atoms with Gasteiger partial charge in [0.2, 0.25) is 0 Å². The van der Waals surface area contributed by atoms with Gasteiger partial charge in [0.1, 0.15) is 0 Å². The van der Waals surface area contributed by atoms with Gasteiger partial charge in [-0.3, -0.25) is 0 Å². The van der Waals surface area contributed by atoms with E-state index in [1.165, 1.54) is 69.9 Å². The first kappa shape index (κ1) is 36.4. The molecule has 1 aliphatic rings. The summed E-state index contributed by atoms with van der Waals surface area (Å²) in [6.45, 7) is 4.67. The topological polar surface area (TPSA) is 25.8 Å². The second kappa shape index (κ2) is 14.3. The van der Waals surface area contributed by atoms with Gasteiger partial charge < -0.3 is 0 Å². The minimum Gasteiger partial charge on any atom is -0.228 e. The third-order valence-corrected chi connectivity index (χ3v) is 14.1. The fraction of sp³-hybridized carbons (Fsp3) is 0.0508. The van der Waals surface area contributed by atoms with Crippen LogP contribution >= 0.6 is 11.3 Å². The zero-order chi connectivity index (χ0) is 41.4. The first-order chi connectivity index (χ1) is 30.5. The molecule has 0 unspecified atom stereocenters. The largest absolute Gasteiger partial charge is 0.228 e. The number of aromatic nitrogens is 2. The summed E-state index contributed by atoms with van der Waals surface area (Å²) in [6.07, 6.45) is 0. The van der Waals surface area contributed by atoms with Crippen LogP contribution in [0.5, 0.6) is 0 Å². The van der Waals surface area contributed by atoms with E-state index in [-0.39, 0.29) is 5.41 Å². The molecule has 0 amide bonds. The van der Waals surface area contributed by atoms with Crippen molar-refractivity contribution in [2.24, 2.45) is 0 Å². The molecule has 2 heterocycles. The van der Waals surface area contributed by atoms with Gasteiger partial charge in [0.25, 0.3) is 0 Å². The van der Waals surface area contributed by atoms with Crippen LogP contribution in [0.2, 0.25) is 0 Å². The summed E-state index contributed by atoms with van der Waals surface area (Å²) in [5.74, 6) is 0.696. The molecule has 0 radical (unpaired) electrons. The predicted molar refractivity (Wildman–Crippen MR) is 263 cm³/mol. The third kappa shape index (κ3) is 6.00. The Balaban J connectivity index is 1.08. The molecule has 0 spiro atoms. The molecule has 0 N–H and O–H groups in total. The average molecular weight is 809 g/mol. The Kier molecular flexibility index (Phi) is 8.41. The standard InChI is InChI=1S/C59H40N2S/c1-59(2)52-25-12-10-20-47(52)51-35-41(29-30-53(51)59)45-19-8-9-21-48(45)55-36-54(60-58(61-55)38-16-4-3-5-17-38)44-33-42(40-28-27-37-15-6-7-18-39(37)31-40)32-43(34-44)46-23-14-24-50-49-22-11-13-26-56(49)62-57(46)50/h3-36H,1-2H3. The highest BCUT2D eigenvalue weighted by atomic mass is 32.1. The van der Waals surface area contributed by atoms with Gasteiger partial charge in [-0.25, -0.2) is 9.97 Å². The van der Waals surface area contributed by atoms with Gasteiger partial charge in [-0.1, -0.05) is 178 Å². The van der Waals surface area contributed by atoms with E-state index in [0.29, 0.717) is 5.82 Å². The van der Waals surface area contributed by atoms with Gasteiger partial charge in [-0.05, 0) is 109 Å². The molecule has 292 valence electrons. The Labute approximate surface area is 365 Å². The number of rotatable bonds is 6. The number of nitrogens with zero attached hydrogens (tertiary/aromatic N) is 2. The van der Waals surface area contributed by atoms with E-state index in [0.717, 1.165) is 44.8 Å². The molecule has 0 fully saturated rings. The van der Waals surface area contributed by atoms with Crippen molar-refractivity contribution in [3.63, 3.8) is 0 Å². The second-order valence-corrected chi connectivity index (χ2v) is 18.0. The summed E-state index contributed by atoms with van der Waals surface area (Å²) >= 11 is 1.87. The van der Waals surface area contributed by atoms with Crippen LogP contribution in [-0.4, -0.2) is 9.97 Å². The zero-order valence-electron chi connectivity index (χ0n) is 34.4. The Bertz CT molecular complexity index is 3560. The van der Waals surface area contributed by atoms with Gasteiger partial charge in [0, 0.05) is 42.3 Å². The first-order valence-corrected chi connectivity index (χ1v) is 22.1. The Morgan fingerprint density at radius 3 is 1.89 bits per heavy atom. The van der Waals surface area contributed by atoms with Gasteiger partial charge in [0.05, 0.1) is 11.4 Å². The molecule has 0 saturated carbocycles. The van der Waals surface area contributed by atoms with Gasteiger partial charge >= 0.3 is 0 Å². The fourth-order valence-corrected chi connectivity index (χ4v) is 11.0. The van der Waals surface area contributed by atoms with Crippen LogP contribution in [-0.2, 0) is 5.41 Å². The minimum absolute atomic E-state index is 0.0567. The monoisotopic (exact) mass is 808 g/mol. The van der Waals surface area contributed by atoms with Crippen molar-refractivity contribution < 1.29 is 0 Å². The third-order valence-electron chi connectivity index (χ3n) is 12.9. The van der Waals surface area contributed by atoms with Crippen LogP contribution < -0.4 is 0 Å². The molecule has 2 aromatic heterocycles. The SMILES string of the molecule is CC1(C)c2ccccc2-c2cc(-c3ccccc3-c3cc(-c4cc(-c5ccc6ccccc6c5)cc(-c5cccc6c5sc5ccccc56)c4)nc(-c4ccccc4)n3)ccc21. The molecule has 11 aromatic rings. The van der Waals surface area contributed by atoms with E-state index in [9.17, 15) is 0 Å². The molecule has 1 aliphatic carbocycles. The van der Waals surface area contributed by atoms with Gasteiger partial charge in [-0.15, -0.1) is 11.3 Å². The van der Waals surface area contributed by atoms with Crippen LogP contribution in [0.25, 0.3) is 109 Å². The summed E-state index contributed by atoms with van der Waals surface area (Å²) in [5.41, 5.74) is 17.2. The molecule has 3 heteroatoms. The van der Waals surface area contributed by atoms with Crippen molar-refractivity contribution in [1.82, 2.24) is 9.97 Å². The maximum atomic E-state index is 5.40. The maximum Gasteiger partial charge on any atom is 0.160 e. The van der Waals surface area contributed by atoms with Crippen LogP contribution in [0.15, 0.2) is 206 Å². The number of fused-ring (bicyclic) bond motifs is 7. The molecule has 12 rings (SSSR count). The van der Waals surface area contributed by atoms with Gasteiger partial charge in [0.15, 0.2) is 5.82 Å². The number of thiophene rings is 1. The molecule has 0 aliphatic heterocycles. The molecule has 62 heavy (non-hydrogen) atoms. The van der Waals surface area contributed by atoms with Crippen molar-refractivity contribution in [2.75, 3.05) is 0 Å². The van der Waals surface area contributed by atoms with Crippen molar-refractivity contribution >= 4 is 42.3 Å². The van der Waals surface area contributed by atoms with Crippen LogP contribution in [0.1, 0.15) is 25.0 Å². The second-order valence-electron chi connectivity index (χ2n) is 16.9. The summed E-state index contributed by atoms with van der Waals surface area (Å²) in [5, 5.41) is 5.02.